The van der Waals surface area contributed by atoms with Crippen molar-refractivity contribution in [2.45, 2.75) is 25.8 Å². The van der Waals surface area contributed by atoms with E-state index in [4.69, 9.17) is 10.5 Å². The standard InChI is InChI=1S/C16H19FN4O/c1-10-6-11(2-3-13(10)17)8-19-15-7-14(20-16(18)21-15)12-4-5-22-9-12/h2-3,6-7,12H,4-5,8-9H2,1H3,(H3,18,19,20,21). The van der Waals surface area contributed by atoms with Crippen molar-refractivity contribution in [2.75, 3.05) is 24.3 Å². The number of aryl methyl sites for hydroxylation is 1. The highest BCUT2D eigenvalue weighted by Crippen LogP contribution is 2.25. The second kappa shape index (κ2) is 6.27. The fourth-order valence-corrected chi connectivity index (χ4v) is 2.56. The van der Waals surface area contributed by atoms with Crippen LogP contribution < -0.4 is 11.1 Å². The molecule has 1 saturated heterocycles. The average molecular weight is 302 g/mol. The third-order valence-corrected chi connectivity index (χ3v) is 3.81. The molecule has 1 aliphatic heterocycles. The molecule has 5 nitrogen and oxygen atoms in total. The van der Waals surface area contributed by atoms with Crippen molar-refractivity contribution in [1.82, 2.24) is 9.97 Å². The fraction of sp³-hybridized carbons (Fsp3) is 0.375. The molecule has 1 unspecified atom stereocenters. The number of hydrogen-bond donors (Lipinski definition) is 2. The number of aromatic nitrogens is 2. The summed E-state index contributed by atoms with van der Waals surface area (Å²) < 4.78 is 18.7. The third kappa shape index (κ3) is 3.33. The summed E-state index contributed by atoms with van der Waals surface area (Å²) in [6, 6.07) is 6.96. The zero-order valence-electron chi connectivity index (χ0n) is 12.5. The number of halogens is 1. The summed E-state index contributed by atoms with van der Waals surface area (Å²) in [6.07, 6.45) is 0.951. The molecule has 0 bridgehead atoms. The number of benzene rings is 1. The van der Waals surface area contributed by atoms with Crippen LogP contribution in [0.4, 0.5) is 16.2 Å². The summed E-state index contributed by atoms with van der Waals surface area (Å²) in [4.78, 5) is 8.49. The van der Waals surface area contributed by atoms with Crippen LogP contribution in [-0.2, 0) is 11.3 Å². The summed E-state index contributed by atoms with van der Waals surface area (Å²) in [5, 5.41) is 3.22. The Balaban J connectivity index is 1.72. The summed E-state index contributed by atoms with van der Waals surface area (Å²) in [6.45, 7) is 3.73. The maximum absolute atomic E-state index is 13.3. The fourth-order valence-electron chi connectivity index (χ4n) is 2.56. The first-order chi connectivity index (χ1) is 10.6. The van der Waals surface area contributed by atoms with Crippen LogP contribution >= 0.6 is 0 Å². The van der Waals surface area contributed by atoms with E-state index in [2.05, 4.69) is 15.3 Å². The molecule has 3 rings (SSSR count). The largest absolute Gasteiger partial charge is 0.381 e. The summed E-state index contributed by atoms with van der Waals surface area (Å²) in [5.74, 6) is 1.01. The highest BCUT2D eigenvalue weighted by atomic mass is 19.1. The molecule has 0 aliphatic carbocycles. The minimum absolute atomic E-state index is 0.196. The van der Waals surface area contributed by atoms with Crippen LogP contribution in [-0.4, -0.2) is 23.2 Å². The zero-order chi connectivity index (χ0) is 15.5. The van der Waals surface area contributed by atoms with Crippen LogP contribution in [0.15, 0.2) is 24.3 Å². The minimum Gasteiger partial charge on any atom is -0.381 e. The molecule has 0 spiro atoms. The second-order valence-electron chi connectivity index (χ2n) is 5.53. The van der Waals surface area contributed by atoms with Crippen LogP contribution in [0, 0.1) is 12.7 Å². The smallest absolute Gasteiger partial charge is 0.222 e. The minimum atomic E-state index is -0.196. The van der Waals surface area contributed by atoms with Gasteiger partial charge in [-0.1, -0.05) is 12.1 Å². The number of nitrogens with two attached hydrogens (primary N) is 1. The molecular weight excluding hydrogens is 283 g/mol. The van der Waals surface area contributed by atoms with Crippen LogP contribution in [0.1, 0.15) is 29.2 Å². The molecule has 0 amide bonds. The number of anilines is 2. The van der Waals surface area contributed by atoms with Gasteiger partial charge in [-0.2, -0.15) is 4.98 Å². The first-order valence-electron chi connectivity index (χ1n) is 7.33. The molecule has 22 heavy (non-hydrogen) atoms. The van der Waals surface area contributed by atoms with E-state index in [1.165, 1.54) is 6.07 Å². The molecule has 1 aromatic carbocycles. The van der Waals surface area contributed by atoms with Gasteiger partial charge in [0.25, 0.3) is 0 Å². The summed E-state index contributed by atoms with van der Waals surface area (Å²) in [5.41, 5.74) is 8.31. The van der Waals surface area contributed by atoms with E-state index in [-0.39, 0.29) is 17.7 Å². The van der Waals surface area contributed by atoms with Crippen LogP contribution in [0.25, 0.3) is 0 Å². The van der Waals surface area contributed by atoms with Gasteiger partial charge in [-0.15, -0.1) is 0 Å². The van der Waals surface area contributed by atoms with Crippen molar-refractivity contribution in [2.24, 2.45) is 0 Å². The molecule has 0 radical (unpaired) electrons. The molecule has 116 valence electrons. The van der Waals surface area contributed by atoms with Gasteiger partial charge in [0, 0.05) is 25.1 Å². The lowest BCUT2D eigenvalue weighted by molar-refractivity contribution is 0.193. The van der Waals surface area contributed by atoms with Crippen LogP contribution in [0.5, 0.6) is 0 Å². The normalized spacial score (nSPS) is 17.6. The predicted molar refractivity (Wildman–Crippen MR) is 83.1 cm³/mol. The van der Waals surface area contributed by atoms with Gasteiger partial charge in [0.15, 0.2) is 0 Å². The first-order valence-corrected chi connectivity index (χ1v) is 7.33. The van der Waals surface area contributed by atoms with Gasteiger partial charge in [-0.3, -0.25) is 0 Å². The molecule has 2 aromatic rings. The van der Waals surface area contributed by atoms with Gasteiger partial charge in [-0.25, -0.2) is 9.37 Å². The highest BCUT2D eigenvalue weighted by Gasteiger charge is 2.20. The van der Waals surface area contributed by atoms with E-state index >= 15 is 0 Å². The topological polar surface area (TPSA) is 73.1 Å². The third-order valence-electron chi connectivity index (χ3n) is 3.81. The van der Waals surface area contributed by atoms with Crippen molar-refractivity contribution in [3.05, 3.63) is 46.9 Å². The molecule has 1 atom stereocenters. The monoisotopic (exact) mass is 302 g/mol. The van der Waals surface area contributed by atoms with Gasteiger partial charge >= 0.3 is 0 Å². The first kappa shape index (κ1) is 14.7. The second-order valence-corrected chi connectivity index (χ2v) is 5.53. The quantitative estimate of drug-likeness (QED) is 0.908. The molecule has 1 fully saturated rings. The molecule has 6 heteroatoms. The van der Waals surface area contributed by atoms with Gasteiger partial charge in [0.1, 0.15) is 11.6 Å². The van der Waals surface area contributed by atoms with Crippen molar-refractivity contribution in [3.8, 4) is 0 Å². The van der Waals surface area contributed by atoms with Gasteiger partial charge < -0.3 is 15.8 Å². The Hall–Kier alpha value is -2.21. The van der Waals surface area contributed by atoms with Crippen LogP contribution in [0.2, 0.25) is 0 Å². The Bertz CT molecular complexity index is 671. The Morgan fingerprint density at radius 1 is 1.36 bits per heavy atom. The van der Waals surface area contributed by atoms with Gasteiger partial charge in [0.2, 0.25) is 5.95 Å². The van der Waals surface area contributed by atoms with E-state index in [1.54, 1.807) is 13.0 Å². The van der Waals surface area contributed by atoms with Crippen molar-refractivity contribution >= 4 is 11.8 Å². The van der Waals surface area contributed by atoms with Crippen molar-refractivity contribution in [3.63, 3.8) is 0 Å². The lowest BCUT2D eigenvalue weighted by Gasteiger charge is -2.11. The number of hydrogen-bond acceptors (Lipinski definition) is 5. The van der Waals surface area contributed by atoms with E-state index in [1.807, 2.05) is 12.1 Å². The molecule has 0 saturated carbocycles. The van der Waals surface area contributed by atoms with Crippen LogP contribution in [0.3, 0.4) is 0 Å². The van der Waals surface area contributed by atoms with Gasteiger partial charge in [-0.05, 0) is 30.5 Å². The molecular formula is C16H19FN4O. The predicted octanol–water partition coefficient (Wildman–Crippen LogP) is 2.62. The van der Waals surface area contributed by atoms with Gasteiger partial charge in [0.05, 0.1) is 12.3 Å². The molecule has 1 aliphatic rings. The molecule has 1 aromatic heterocycles. The average Bonchev–Trinajstić information content (AvgIpc) is 3.02. The van der Waals surface area contributed by atoms with E-state index in [0.717, 1.165) is 24.3 Å². The maximum Gasteiger partial charge on any atom is 0.222 e. The van der Waals surface area contributed by atoms with E-state index < -0.39 is 0 Å². The lowest BCUT2D eigenvalue weighted by Crippen LogP contribution is -2.09. The zero-order valence-corrected chi connectivity index (χ0v) is 12.5. The number of ether oxygens (including phenoxy) is 1. The Labute approximate surface area is 128 Å². The molecule has 2 heterocycles. The Morgan fingerprint density at radius 3 is 2.95 bits per heavy atom. The number of nitrogen functional groups attached to an aromatic ring is 1. The number of nitrogens with one attached hydrogen (secondary N) is 1. The lowest BCUT2D eigenvalue weighted by atomic mass is 10.0. The SMILES string of the molecule is Cc1cc(CNc2cc(C3CCOC3)nc(N)n2)ccc1F. The number of rotatable bonds is 4. The maximum atomic E-state index is 13.3. The summed E-state index contributed by atoms with van der Waals surface area (Å²) in [7, 11) is 0. The van der Waals surface area contributed by atoms with Crippen molar-refractivity contribution in [1.29, 1.82) is 0 Å². The number of nitrogens with zero attached hydrogens (tertiary/aromatic N) is 2. The van der Waals surface area contributed by atoms with Crippen molar-refractivity contribution < 1.29 is 9.13 Å². The Kier molecular flexibility index (Phi) is 4.20. The van der Waals surface area contributed by atoms with E-state index in [9.17, 15) is 4.39 Å². The summed E-state index contributed by atoms with van der Waals surface area (Å²) >= 11 is 0. The highest BCUT2D eigenvalue weighted by molar-refractivity contribution is 5.42. The molecule has 3 N–H and O–H groups in total. The Morgan fingerprint density at radius 2 is 2.23 bits per heavy atom. The van der Waals surface area contributed by atoms with E-state index in [0.29, 0.717) is 24.5 Å².